The maximum atomic E-state index is 14.3. The highest BCUT2D eigenvalue weighted by Gasteiger charge is 2.53. The number of rotatable bonds is 4. The normalized spacial score (nSPS) is 31.7. The first-order valence-electron chi connectivity index (χ1n) is 6.64. The number of esters is 1. The summed E-state index contributed by atoms with van der Waals surface area (Å²) in [6, 6.07) is 0. The van der Waals surface area contributed by atoms with Gasteiger partial charge in [-0.1, -0.05) is 0 Å². The average molecular weight is 317 g/mol. The molecule has 1 aliphatic carbocycles. The molecule has 122 valence electrons. The summed E-state index contributed by atoms with van der Waals surface area (Å²) >= 11 is 0. The van der Waals surface area contributed by atoms with Crippen LogP contribution in [0.2, 0.25) is 0 Å². The first-order valence-corrected chi connectivity index (χ1v) is 6.64. The molecule has 1 heterocycles. The Bertz CT molecular complexity index is 533. The molecule has 8 heteroatoms. The van der Waals surface area contributed by atoms with Gasteiger partial charge in [-0.3, -0.25) is 14.4 Å². The highest BCUT2D eigenvalue weighted by molar-refractivity contribution is 5.99. The topological polar surface area (TPSA) is 65.1 Å². The van der Waals surface area contributed by atoms with Crippen LogP contribution >= 0.6 is 0 Å². The third-order valence-electron chi connectivity index (χ3n) is 3.95. The van der Waals surface area contributed by atoms with Crippen molar-refractivity contribution in [3.63, 3.8) is 0 Å². The van der Waals surface area contributed by atoms with Crippen LogP contribution in [0.1, 0.15) is 0 Å². The lowest BCUT2D eigenvalue weighted by Crippen LogP contribution is -2.36. The third-order valence-corrected chi connectivity index (χ3v) is 3.95. The molecular formula is C14H17F2NO5. The third kappa shape index (κ3) is 2.70. The molecule has 2 aliphatic rings. The zero-order valence-electron chi connectivity index (χ0n) is 12.4. The molecule has 2 unspecified atom stereocenters. The molecule has 0 aromatic heterocycles. The highest BCUT2D eigenvalue weighted by Crippen LogP contribution is 2.41. The van der Waals surface area contributed by atoms with E-state index in [4.69, 9.17) is 9.57 Å². The summed E-state index contributed by atoms with van der Waals surface area (Å²) < 4.78 is 38.0. The highest BCUT2D eigenvalue weighted by atomic mass is 19.1. The van der Waals surface area contributed by atoms with E-state index in [9.17, 15) is 18.4 Å². The van der Waals surface area contributed by atoms with Crippen LogP contribution in [0.15, 0.2) is 23.7 Å². The minimum atomic E-state index is -1.72. The van der Waals surface area contributed by atoms with Crippen LogP contribution in [0.4, 0.5) is 8.78 Å². The molecule has 1 saturated heterocycles. The molecule has 0 aromatic rings. The van der Waals surface area contributed by atoms with Gasteiger partial charge < -0.3 is 9.47 Å². The fourth-order valence-corrected chi connectivity index (χ4v) is 2.87. The van der Waals surface area contributed by atoms with E-state index in [-0.39, 0.29) is 12.3 Å². The fraction of sp³-hybridized carbons (Fsp3) is 0.571. The first-order chi connectivity index (χ1) is 10.4. The molecule has 2 rings (SSSR count). The van der Waals surface area contributed by atoms with Gasteiger partial charge in [0, 0.05) is 12.0 Å². The molecule has 0 saturated carbocycles. The van der Waals surface area contributed by atoms with Gasteiger partial charge in [-0.2, -0.15) is 0 Å². The summed E-state index contributed by atoms with van der Waals surface area (Å²) in [5.74, 6) is -5.73. The largest absolute Gasteiger partial charge is 0.497 e. The SMILES string of the molecule is COC(=O)[C@@H]1C(=O)N(OC)C[C@H]1C1C(F)=CC(OC)=CC1F. The lowest BCUT2D eigenvalue weighted by atomic mass is 9.78. The van der Waals surface area contributed by atoms with Gasteiger partial charge in [0.25, 0.3) is 5.91 Å². The van der Waals surface area contributed by atoms with E-state index in [0.29, 0.717) is 0 Å². The molecule has 4 atom stereocenters. The summed E-state index contributed by atoms with van der Waals surface area (Å²) in [5, 5.41) is 0.918. The number of carbonyl (C=O) groups is 2. The van der Waals surface area contributed by atoms with E-state index in [1.54, 1.807) is 0 Å². The number of ether oxygens (including phenoxy) is 2. The Balaban J connectivity index is 2.33. The van der Waals surface area contributed by atoms with Crippen LogP contribution in [0.25, 0.3) is 0 Å². The summed E-state index contributed by atoms with van der Waals surface area (Å²) in [5.41, 5.74) is 0. The quantitative estimate of drug-likeness (QED) is 0.575. The number of nitrogens with zero attached hydrogens (tertiary/aromatic N) is 1. The second-order valence-electron chi connectivity index (χ2n) is 5.02. The van der Waals surface area contributed by atoms with E-state index in [0.717, 1.165) is 24.3 Å². The van der Waals surface area contributed by atoms with Crippen molar-refractivity contribution in [1.29, 1.82) is 0 Å². The van der Waals surface area contributed by atoms with Crippen LogP contribution in [-0.4, -0.2) is 51.0 Å². The van der Waals surface area contributed by atoms with Crippen molar-refractivity contribution in [2.75, 3.05) is 27.9 Å². The van der Waals surface area contributed by atoms with E-state index in [2.05, 4.69) is 4.74 Å². The van der Waals surface area contributed by atoms with Crippen molar-refractivity contribution in [3.8, 4) is 0 Å². The monoisotopic (exact) mass is 317 g/mol. The molecule has 0 radical (unpaired) electrons. The van der Waals surface area contributed by atoms with Crippen molar-refractivity contribution in [2.45, 2.75) is 6.17 Å². The van der Waals surface area contributed by atoms with Crippen LogP contribution in [0.5, 0.6) is 0 Å². The van der Waals surface area contributed by atoms with Gasteiger partial charge >= 0.3 is 5.97 Å². The Morgan fingerprint density at radius 2 is 2.05 bits per heavy atom. The summed E-state index contributed by atoms with van der Waals surface area (Å²) in [6.45, 7) is -0.0996. The van der Waals surface area contributed by atoms with Gasteiger partial charge in [0.05, 0.1) is 33.8 Å². The maximum Gasteiger partial charge on any atom is 0.318 e. The predicted octanol–water partition coefficient (Wildman–Crippen LogP) is 1.15. The lowest BCUT2D eigenvalue weighted by molar-refractivity contribution is -0.172. The minimum absolute atomic E-state index is 0.0591. The molecule has 6 nitrogen and oxygen atoms in total. The van der Waals surface area contributed by atoms with E-state index >= 15 is 0 Å². The van der Waals surface area contributed by atoms with Gasteiger partial charge in [0.15, 0.2) is 0 Å². The van der Waals surface area contributed by atoms with Crippen molar-refractivity contribution in [3.05, 3.63) is 23.7 Å². The second kappa shape index (κ2) is 6.43. The molecule has 1 fully saturated rings. The number of amides is 1. The Morgan fingerprint density at radius 1 is 1.36 bits per heavy atom. The number of hydrogen-bond acceptors (Lipinski definition) is 5. The number of methoxy groups -OCH3 is 2. The zero-order chi connectivity index (χ0) is 16.4. The van der Waals surface area contributed by atoms with Gasteiger partial charge in [0.2, 0.25) is 0 Å². The average Bonchev–Trinajstić information content (AvgIpc) is 2.82. The number of carbonyl (C=O) groups excluding carboxylic acids is 2. The van der Waals surface area contributed by atoms with E-state index in [1.165, 1.54) is 14.2 Å². The Kier molecular flexibility index (Phi) is 4.80. The van der Waals surface area contributed by atoms with Crippen molar-refractivity contribution < 1.29 is 32.7 Å². The summed E-state index contributed by atoms with van der Waals surface area (Å²) in [7, 11) is 3.66. The predicted molar refractivity (Wildman–Crippen MR) is 70.4 cm³/mol. The van der Waals surface area contributed by atoms with Crippen molar-refractivity contribution in [2.24, 2.45) is 17.8 Å². The summed E-state index contributed by atoms with van der Waals surface area (Å²) in [6.07, 6.45) is 0.443. The molecule has 0 bridgehead atoms. The molecule has 0 N–H and O–H groups in total. The Morgan fingerprint density at radius 3 is 2.55 bits per heavy atom. The Hall–Kier alpha value is -1.96. The van der Waals surface area contributed by atoms with E-state index < -0.39 is 41.6 Å². The summed E-state index contributed by atoms with van der Waals surface area (Å²) in [4.78, 5) is 28.8. The van der Waals surface area contributed by atoms with E-state index in [1.807, 2.05) is 0 Å². The molecule has 1 aliphatic heterocycles. The maximum absolute atomic E-state index is 14.3. The minimum Gasteiger partial charge on any atom is -0.497 e. The number of alkyl halides is 1. The van der Waals surface area contributed by atoms with Crippen molar-refractivity contribution >= 4 is 11.9 Å². The Labute approximate surface area is 126 Å². The molecular weight excluding hydrogens is 300 g/mol. The molecule has 1 amide bonds. The standard InChI is InChI=1S/C14H17F2NO5/c1-20-7-4-9(15)11(10(16)5-7)8-6-17(22-3)13(18)12(8)14(19)21-2/h4-5,8-9,11-12H,6H2,1-3H3/t8-,9?,11?,12-/m0/s1. The van der Waals surface area contributed by atoms with Crippen LogP contribution in [0.3, 0.4) is 0 Å². The number of halogens is 2. The lowest BCUT2D eigenvalue weighted by Gasteiger charge is -2.28. The van der Waals surface area contributed by atoms with Gasteiger partial charge in [-0.25, -0.2) is 13.8 Å². The van der Waals surface area contributed by atoms with Gasteiger partial charge in [-0.05, 0) is 6.08 Å². The van der Waals surface area contributed by atoms with Gasteiger partial charge in [-0.15, -0.1) is 0 Å². The molecule has 0 spiro atoms. The van der Waals surface area contributed by atoms with Crippen LogP contribution in [-0.2, 0) is 23.9 Å². The van der Waals surface area contributed by atoms with Crippen molar-refractivity contribution in [1.82, 2.24) is 5.06 Å². The number of hydrogen-bond donors (Lipinski definition) is 0. The number of hydroxylamine groups is 2. The first kappa shape index (κ1) is 16.4. The van der Waals surface area contributed by atoms with Crippen LogP contribution in [0, 0.1) is 17.8 Å². The second-order valence-corrected chi connectivity index (χ2v) is 5.02. The fourth-order valence-electron chi connectivity index (χ4n) is 2.87. The molecule has 22 heavy (non-hydrogen) atoms. The molecule has 0 aromatic carbocycles. The van der Waals surface area contributed by atoms with Gasteiger partial charge in [0.1, 0.15) is 23.7 Å². The number of allylic oxidation sites excluding steroid dienone is 3. The zero-order valence-corrected chi connectivity index (χ0v) is 12.4. The van der Waals surface area contributed by atoms with Crippen LogP contribution < -0.4 is 0 Å². The smallest absolute Gasteiger partial charge is 0.318 e.